The van der Waals surface area contributed by atoms with Crippen molar-refractivity contribution in [2.24, 2.45) is 0 Å². The van der Waals surface area contributed by atoms with Gasteiger partial charge in [0, 0.05) is 6.92 Å². The first-order valence-electron chi connectivity index (χ1n) is 7.17. The molecular weight excluding hydrogens is 353 g/mol. The molecule has 0 saturated heterocycles. The fraction of sp³-hybridized carbons (Fsp3) is 0.538. The van der Waals surface area contributed by atoms with Gasteiger partial charge in [0.1, 0.15) is 11.8 Å². The first kappa shape index (κ1) is 18.7. The maximum absolute atomic E-state index is 11.4. The largest absolute Gasteiger partial charge is 0.593 e. The van der Waals surface area contributed by atoms with E-state index < -0.39 is 25.2 Å². The minimum atomic E-state index is -2.84. The quantitative estimate of drug-likeness (QED) is 0.704. The molecule has 2 heterocycles. The molecule has 9 nitrogen and oxygen atoms in total. The molecule has 0 spiro atoms. The van der Waals surface area contributed by atoms with Crippen molar-refractivity contribution < 1.29 is 19.0 Å². The van der Waals surface area contributed by atoms with Crippen LogP contribution in [0.2, 0.25) is 0 Å². The second kappa shape index (κ2) is 7.98. The van der Waals surface area contributed by atoms with Crippen LogP contribution in [0, 0.1) is 0 Å². The molecule has 0 aliphatic heterocycles. The van der Waals surface area contributed by atoms with Crippen LogP contribution in [0.15, 0.2) is 12.7 Å². The number of anilines is 1. The summed E-state index contributed by atoms with van der Waals surface area (Å²) in [6.45, 7) is 5.12. The number of rotatable bonds is 7. The fourth-order valence-corrected chi connectivity index (χ4v) is 4.08. The predicted molar refractivity (Wildman–Crippen MR) is 89.4 cm³/mol. The van der Waals surface area contributed by atoms with Crippen molar-refractivity contribution in [3.8, 4) is 0 Å². The van der Waals surface area contributed by atoms with E-state index in [9.17, 15) is 14.3 Å². The molecule has 24 heavy (non-hydrogen) atoms. The molecule has 0 fully saturated rings. The van der Waals surface area contributed by atoms with Gasteiger partial charge in [-0.2, -0.15) is 0 Å². The lowest BCUT2D eigenvalue weighted by molar-refractivity contribution is -0.176. The number of fused-ring (bicyclic) bond motifs is 1. The molecule has 0 amide bonds. The number of carbonyl (C=O) groups is 1. The minimum absolute atomic E-state index is 0.159. The number of hydrogen-bond acceptors (Lipinski definition) is 9. The topological polar surface area (TPSA) is 136 Å². The molecule has 4 unspecified atom stereocenters. The Labute approximate surface area is 143 Å². The zero-order valence-corrected chi connectivity index (χ0v) is 15.2. The average Bonchev–Trinajstić information content (AvgIpc) is 2.88. The van der Waals surface area contributed by atoms with Gasteiger partial charge in [0.15, 0.2) is 16.6 Å². The second-order valence-corrected chi connectivity index (χ2v) is 7.90. The maximum Gasteiger partial charge on any atom is 0.342 e. The summed E-state index contributed by atoms with van der Waals surface area (Å²) in [6, 6.07) is 0. The van der Waals surface area contributed by atoms with E-state index >= 15 is 0 Å². The lowest BCUT2D eigenvalue weighted by Gasteiger charge is -2.20. The molecule has 2 rings (SSSR count). The van der Waals surface area contributed by atoms with E-state index in [1.807, 2.05) is 0 Å². The zero-order valence-electron chi connectivity index (χ0n) is 13.4. The Balaban J connectivity index is 2.10. The van der Waals surface area contributed by atoms with Crippen LogP contribution >= 0.6 is 19.8 Å². The van der Waals surface area contributed by atoms with E-state index in [0.717, 1.165) is 11.8 Å². The number of nitrogens with zero attached hydrogens (tertiary/aromatic N) is 4. The molecule has 2 N–H and O–H groups in total. The minimum Gasteiger partial charge on any atom is -0.593 e. The van der Waals surface area contributed by atoms with Crippen LogP contribution in [0.4, 0.5) is 5.82 Å². The first-order valence-corrected chi connectivity index (χ1v) is 9.29. The molecule has 2 aromatic heterocycles. The molecule has 0 radical (unpaired) electrons. The van der Waals surface area contributed by atoms with Crippen LogP contribution in [0.1, 0.15) is 20.8 Å². The highest BCUT2D eigenvalue weighted by Crippen LogP contribution is 2.31. The van der Waals surface area contributed by atoms with Gasteiger partial charge in [-0.1, -0.05) is 16.3 Å². The van der Waals surface area contributed by atoms with E-state index in [4.69, 9.17) is 10.5 Å². The number of nitrogens with two attached hydrogens (primary N) is 1. The highest BCUT2D eigenvalue weighted by Gasteiger charge is 2.33. The number of nitrogen functional groups attached to an aromatic ring is 1. The number of thioether (sulfide) groups is 1. The summed E-state index contributed by atoms with van der Waals surface area (Å²) in [4.78, 5) is 34.8. The van der Waals surface area contributed by atoms with Gasteiger partial charge in [-0.15, -0.1) is 0 Å². The third-order valence-corrected chi connectivity index (χ3v) is 5.35. The Morgan fingerprint density at radius 1 is 1.46 bits per heavy atom. The van der Waals surface area contributed by atoms with Gasteiger partial charge in [-0.3, -0.25) is 4.79 Å². The zero-order chi connectivity index (χ0) is 17.9. The van der Waals surface area contributed by atoms with E-state index in [1.165, 1.54) is 13.3 Å². The maximum atomic E-state index is 11.4. The third-order valence-electron chi connectivity index (χ3n) is 3.22. The molecule has 11 heteroatoms. The Morgan fingerprint density at radius 3 is 2.79 bits per heavy atom. The molecule has 0 aliphatic carbocycles. The molecule has 2 aromatic rings. The Morgan fingerprint density at radius 2 is 2.17 bits per heavy atom. The molecule has 0 aromatic carbocycles. The summed E-state index contributed by atoms with van der Waals surface area (Å²) in [6.07, 6.45) is 2.45. The number of hydrogen-bond donors (Lipinski definition) is 1. The molecule has 0 saturated carbocycles. The lowest BCUT2D eigenvalue weighted by Crippen LogP contribution is -2.30. The van der Waals surface area contributed by atoms with Gasteiger partial charge in [0.25, 0.3) is 5.85 Å². The van der Waals surface area contributed by atoms with Crippen LogP contribution < -0.4 is 10.6 Å². The first-order chi connectivity index (χ1) is 11.3. The van der Waals surface area contributed by atoms with Crippen LogP contribution in [-0.4, -0.2) is 41.8 Å². The van der Waals surface area contributed by atoms with Crippen molar-refractivity contribution in [2.45, 2.75) is 44.5 Å². The van der Waals surface area contributed by atoms with Gasteiger partial charge < -0.3 is 19.9 Å². The van der Waals surface area contributed by atoms with Crippen LogP contribution in [-0.2, 0) is 20.6 Å². The third kappa shape index (κ3) is 4.47. The van der Waals surface area contributed by atoms with E-state index in [1.54, 1.807) is 24.7 Å². The van der Waals surface area contributed by atoms with Gasteiger partial charge >= 0.3 is 8.03 Å². The van der Waals surface area contributed by atoms with Crippen LogP contribution in [0.3, 0.4) is 0 Å². The number of imidazole rings is 1. The standard InChI is InChI=1S/C13H18N5O4PS/c1-7(22-13(23(20)21)8(2)24-9(3)19)4-18-6-17-10-11(14)15-5-16-12(10)18/h5-8,13H,4H2,1-3H3,(H2,14,15,16). The van der Waals surface area contributed by atoms with E-state index in [-0.39, 0.29) is 10.9 Å². The molecular formula is C13H18N5O4PS. The molecule has 4 atom stereocenters. The number of aromatic nitrogens is 4. The van der Waals surface area contributed by atoms with Gasteiger partial charge in [0.2, 0.25) is 0 Å². The Kier molecular flexibility index (Phi) is 6.22. The summed E-state index contributed by atoms with van der Waals surface area (Å²) >= 11 is 0.941. The Hall–Kier alpha value is -1.61. The summed E-state index contributed by atoms with van der Waals surface area (Å²) < 4.78 is 18.8. The summed E-state index contributed by atoms with van der Waals surface area (Å²) in [5.41, 5.74) is 6.77. The van der Waals surface area contributed by atoms with E-state index in [0.29, 0.717) is 17.7 Å². The molecule has 0 bridgehead atoms. The van der Waals surface area contributed by atoms with Gasteiger partial charge in [-0.05, 0) is 13.8 Å². The molecule has 130 valence electrons. The second-order valence-electron chi connectivity index (χ2n) is 5.27. The van der Waals surface area contributed by atoms with Crippen molar-refractivity contribution in [3.05, 3.63) is 12.7 Å². The summed E-state index contributed by atoms with van der Waals surface area (Å²) in [5.74, 6) is -0.780. The normalized spacial score (nSPS) is 15.9. The smallest absolute Gasteiger partial charge is 0.342 e. The highest BCUT2D eigenvalue weighted by atomic mass is 32.2. The van der Waals surface area contributed by atoms with Gasteiger partial charge in [0.05, 0.1) is 24.2 Å². The Bertz CT molecular complexity index is 755. The predicted octanol–water partition coefficient (Wildman–Crippen LogP) is 0.911. The van der Waals surface area contributed by atoms with Crippen molar-refractivity contribution in [1.29, 1.82) is 0 Å². The SMILES string of the molecule is CC(=O)SC(C)C(OC(C)Cn1cnc2c(N)ncnc21)[P+](=O)[O-]. The van der Waals surface area contributed by atoms with Crippen molar-refractivity contribution in [3.63, 3.8) is 0 Å². The van der Waals surface area contributed by atoms with Gasteiger partial charge in [-0.25, -0.2) is 15.0 Å². The van der Waals surface area contributed by atoms with Crippen molar-refractivity contribution >= 4 is 41.9 Å². The summed E-state index contributed by atoms with van der Waals surface area (Å²) in [5, 5.41) is -0.656. The van der Waals surface area contributed by atoms with Crippen LogP contribution in [0.25, 0.3) is 11.2 Å². The summed E-state index contributed by atoms with van der Waals surface area (Å²) in [7, 11) is -2.84. The monoisotopic (exact) mass is 371 g/mol. The average molecular weight is 371 g/mol. The lowest BCUT2D eigenvalue weighted by atomic mass is 10.4. The number of carbonyl (C=O) groups excluding carboxylic acids is 1. The van der Waals surface area contributed by atoms with E-state index in [2.05, 4.69) is 15.0 Å². The number of ether oxygens (including phenoxy) is 1. The van der Waals surface area contributed by atoms with Crippen molar-refractivity contribution in [2.75, 3.05) is 5.73 Å². The molecule has 0 aliphatic rings. The van der Waals surface area contributed by atoms with Crippen LogP contribution in [0.5, 0.6) is 0 Å². The van der Waals surface area contributed by atoms with Crippen molar-refractivity contribution in [1.82, 2.24) is 19.5 Å². The fourth-order valence-electron chi connectivity index (χ4n) is 2.24. The highest BCUT2D eigenvalue weighted by molar-refractivity contribution is 8.14.